The molecular formula is C23H33N3O3. The van der Waals surface area contributed by atoms with Gasteiger partial charge in [0.25, 0.3) is 0 Å². The number of guanidine groups is 1. The quantitative estimate of drug-likeness (QED) is 0.364. The summed E-state index contributed by atoms with van der Waals surface area (Å²) in [7, 11) is 0. The van der Waals surface area contributed by atoms with Gasteiger partial charge in [-0.3, -0.25) is 4.99 Å². The Balaban J connectivity index is 1.50. The third-order valence-corrected chi connectivity index (χ3v) is 5.30. The molecule has 0 aliphatic carbocycles. The molecule has 1 aliphatic rings. The van der Waals surface area contributed by atoms with E-state index in [2.05, 4.69) is 47.9 Å². The van der Waals surface area contributed by atoms with Crippen molar-refractivity contribution in [3.8, 4) is 0 Å². The summed E-state index contributed by atoms with van der Waals surface area (Å²) in [5.41, 5.74) is 1.41. The standard InChI is InChI=1S/C23H33N3O3/c1-2-24-22(25-13-7-14-28-18-21-10-6-15-29-21)26-19-23(11-16-27-17-12-23)20-8-4-3-5-9-20/h3-6,8-10,15H,2,7,11-14,16-19H2,1H3,(H2,24,25,26). The Morgan fingerprint density at radius 2 is 1.93 bits per heavy atom. The molecule has 1 fully saturated rings. The Morgan fingerprint density at radius 1 is 1.10 bits per heavy atom. The number of rotatable bonds is 10. The number of hydrogen-bond donors (Lipinski definition) is 2. The molecule has 6 nitrogen and oxygen atoms in total. The van der Waals surface area contributed by atoms with Crippen molar-refractivity contribution in [2.24, 2.45) is 4.99 Å². The van der Waals surface area contributed by atoms with E-state index in [1.807, 2.05) is 12.1 Å². The second-order valence-corrected chi connectivity index (χ2v) is 7.37. The number of aliphatic imine (C=N–C) groups is 1. The first-order valence-electron chi connectivity index (χ1n) is 10.6. The molecule has 3 rings (SSSR count). The van der Waals surface area contributed by atoms with E-state index in [0.29, 0.717) is 13.2 Å². The van der Waals surface area contributed by atoms with Crippen molar-refractivity contribution in [3.05, 3.63) is 60.1 Å². The molecule has 2 aromatic rings. The van der Waals surface area contributed by atoms with Crippen LogP contribution in [0.3, 0.4) is 0 Å². The second kappa shape index (κ2) is 11.6. The summed E-state index contributed by atoms with van der Waals surface area (Å²) in [4.78, 5) is 4.93. The van der Waals surface area contributed by atoms with Crippen LogP contribution in [0.1, 0.15) is 37.5 Å². The molecule has 1 aromatic carbocycles. The SMILES string of the molecule is CCNC(=NCC1(c2ccccc2)CCOCC1)NCCCOCc1ccco1. The van der Waals surface area contributed by atoms with Gasteiger partial charge in [0.15, 0.2) is 5.96 Å². The average Bonchev–Trinajstić information content (AvgIpc) is 3.29. The molecule has 0 atom stereocenters. The fourth-order valence-corrected chi connectivity index (χ4v) is 3.61. The summed E-state index contributed by atoms with van der Waals surface area (Å²) < 4.78 is 16.5. The van der Waals surface area contributed by atoms with Gasteiger partial charge in [-0.25, -0.2) is 0 Å². The first-order valence-corrected chi connectivity index (χ1v) is 10.6. The molecule has 1 saturated heterocycles. The Labute approximate surface area is 173 Å². The van der Waals surface area contributed by atoms with Crippen molar-refractivity contribution in [1.82, 2.24) is 10.6 Å². The Bertz CT molecular complexity index is 710. The number of nitrogens with zero attached hydrogens (tertiary/aromatic N) is 1. The topological polar surface area (TPSA) is 68.0 Å². The van der Waals surface area contributed by atoms with Gasteiger partial charge in [-0.15, -0.1) is 0 Å². The lowest BCUT2D eigenvalue weighted by atomic mass is 9.74. The van der Waals surface area contributed by atoms with Crippen LogP contribution in [0.25, 0.3) is 0 Å². The molecule has 0 bridgehead atoms. The minimum atomic E-state index is 0.0496. The molecule has 29 heavy (non-hydrogen) atoms. The Kier molecular flexibility index (Phi) is 8.58. The Hall–Kier alpha value is -2.31. The van der Waals surface area contributed by atoms with E-state index in [-0.39, 0.29) is 5.41 Å². The molecule has 0 spiro atoms. The lowest BCUT2D eigenvalue weighted by Gasteiger charge is -2.36. The number of benzene rings is 1. The van der Waals surface area contributed by atoms with Gasteiger partial charge in [0.1, 0.15) is 12.4 Å². The smallest absolute Gasteiger partial charge is 0.191 e. The first kappa shape index (κ1) is 21.4. The minimum Gasteiger partial charge on any atom is -0.467 e. The highest BCUT2D eigenvalue weighted by Gasteiger charge is 2.34. The van der Waals surface area contributed by atoms with Crippen LogP contribution in [0.4, 0.5) is 0 Å². The van der Waals surface area contributed by atoms with Gasteiger partial charge in [0, 0.05) is 38.3 Å². The van der Waals surface area contributed by atoms with Crippen molar-refractivity contribution in [2.45, 2.75) is 38.2 Å². The molecule has 158 valence electrons. The monoisotopic (exact) mass is 399 g/mol. The largest absolute Gasteiger partial charge is 0.467 e. The number of ether oxygens (including phenoxy) is 2. The molecule has 6 heteroatoms. The van der Waals surface area contributed by atoms with Crippen molar-refractivity contribution >= 4 is 5.96 Å². The van der Waals surface area contributed by atoms with Crippen LogP contribution >= 0.6 is 0 Å². The molecule has 1 aromatic heterocycles. The van der Waals surface area contributed by atoms with Crippen molar-refractivity contribution < 1.29 is 13.9 Å². The van der Waals surface area contributed by atoms with Gasteiger partial charge >= 0.3 is 0 Å². The average molecular weight is 400 g/mol. The van der Waals surface area contributed by atoms with Crippen LogP contribution in [0, 0.1) is 0 Å². The van der Waals surface area contributed by atoms with E-state index in [1.54, 1.807) is 6.26 Å². The zero-order valence-corrected chi connectivity index (χ0v) is 17.4. The fourth-order valence-electron chi connectivity index (χ4n) is 3.61. The first-order chi connectivity index (χ1) is 14.3. The van der Waals surface area contributed by atoms with Crippen LogP contribution in [0.15, 0.2) is 58.1 Å². The zero-order valence-electron chi connectivity index (χ0n) is 17.4. The summed E-state index contributed by atoms with van der Waals surface area (Å²) in [5, 5.41) is 6.78. The molecule has 0 unspecified atom stereocenters. The lowest BCUT2D eigenvalue weighted by Crippen LogP contribution is -2.41. The van der Waals surface area contributed by atoms with Gasteiger partial charge in [0.05, 0.1) is 12.8 Å². The molecular weight excluding hydrogens is 366 g/mol. The maximum Gasteiger partial charge on any atom is 0.191 e. The summed E-state index contributed by atoms with van der Waals surface area (Å²) in [6.45, 7) is 7.27. The summed E-state index contributed by atoms with van der Waals surface area (Å²) in [6.07, 6.45) is 4.57. The second-order valence-electron chi connectivity index (χ2n) is 7.37. The summed E-state index contributed by atoms with van der Waals surface area (Å²) in [6, 6.07) is 14.5. The van der Waals surface area contributed by atoms with Gasteiger partial charge in [-0.2, -0.15) is 0 Å². The van der Waals surface area contributed by atoms with E-state index < -0.39 is 0 Å². The van der Waals surface area contributed by atoms with Crippen molar-refractivity contribution in [1.29, 1.82) is 0 Å². The highest BCUT2D eigenvalue weighted by molar-refractivity contribution is 5.79. The fraction of sp³-hybridized carbons (Fsp3) is 0.522. The maximum atomic E-state index is 5.64. The van der Waals surface area contributed by atoms with Crippen LogP contribution in [0.5, 0.6) is 0 Å². The van der Waals surface area contributed by atoms with Gasteiger partial charge in [0.2, 0.25) is 0 Å². The number of nitrogens with one attached hydrogen (secondary N) is 2. The summed E-state index contributed by atoms with van der Waals surface area (Å²) in [5.74, 6) is 1.72. The van der Waals surface area contributed by atoms with Crippen LogP contribution in [-0.2, 0) is 21.5 Å². The van der Waals surface area contributed by atoms with Crippen LogP contribution < -0.4 is 10.6 Å². The highest BCUT2D eigenvalue weighted by Crippen LogP contribution is 2.35. The zero-order chi connectivity index (χ0) is 20.2. The van der Waals surface area contributed by atoms with Crippen LogP contribution in [-0.4, -0.2) is 45.4 Å². The molecule has 0 radical (unpaired) electrons. The molecule has 1 aliphatic heterocycles. The van der Waals surface area contributed by atoms with E-state index in [9.17, 15) is 0 Å². The lowest BCUT2D eigenvalue weighted by molar-refractivity contribution is 0.0531. The normalized spacial score (nSPS) is 16.5. The van der Waals surface area contributed by atoms with Gasteiger partial charge < -0.3 is 24.5 Å². The highest BCUT2D eigenvalue weighted by atomic mass is 16.5. The minimum absolute atomic E-state index is 0.0496. The third kappa shape index (κ3) is 6.61. The van der Waals surface area contributed by atoms with E-state index in [1.165, 1.54) is 5.56 Å². The van der Waals surface area contributed by atoms with Crippen LogP contribution in [0.2, 0.25) is 0 Å². The number of furan rings is 1. The molecule has 0 saturated carbocycles. The number of hydrogen-bond acceptors (Lipinski definition) is 4. The Morgan fingerprint density at radius 3 is 2.66 bits per heavy atom. The van der Waals surface area contributed by atoms with E-state index >= 15 is 0 Å². The summed E-state index contributed by atoms with van der Waals surface area (Å²) >= 11 is 0. The van der Waals surface area contributed by atoms with Crippen molar-refractivity contribution in [3.63, 3.8) is 0 Å². The van der Waals surface area contributed by atoms with Gasteiger partial charge in [-0.05, 0) is 43.9 Å². The van der Waals surface area contributed by atoms with Gasteiger partial charge in [-0.1, -0.05) is 30.3 Å². The predicted octanol–water partition coefficient (Wildman–Crippen LogP) is 3.49. The molecule has 2 heterocycles. The molecule has 2 N–H and O–H groups in total. The third-order valence-electron chi connectivity index (χ3n) is 5.30. The van der Waals surface area contributed by atoms with E-state index in [0.717, 1.165) is 63.8 Å². The van der Waals surface area contributed by atoms with E-state index in [4.69, 9.17) is 18.9 Å². The maximum absolute atomic E-state index is 5.64. The van der Waals surface area contributed by atoms with Crippen molar-refractivity contribution in [2.75, 3.05) is 39.5 Å². The molecule has 0 amide bonds. The predicted molar refractivity (Wildman–Crippen MR) is 115 cm³/mol.